The zero-order valence-corrected chi connectivity index (χ0v) is 13.5. The van der Waals surface area contributed by atoms with Gasteiger partial charge >= 0.3 is 0 Å². The SMILES string of the molecule is Nc1c(Nc2ccc3c(c2)OCO3)ncnc1-n1nnc2ccccc21. The number of nitrogens with one attached hydrogen (secondary N) is 1. The highest BCUT2D eigenvalue weighted by atomic mass is 16.7. The van der Waals surface area contributed by atoms with Crippen molar-refractivity contribution in [3.05, 3.63) is 48.8 Å². The van der Waals surface area contributed by atoms with Gasteiger partial charge in [0, 0.05) is 11.8 Å². The van der Waals surface area contributed by atoms with E-state index in [2.05, 4.69) is 25.6 Å². The molecule has 0 atom stereocenters. The van der Waals surface area contributed by atoms with Crippen LogP contribution in [0.5, 0.6) is 11.5 Å². The lowest BCUT2D eigenvalue weighted by Gasteiger charge is -2.11. The third-order valence-corrected chi connectivity index (χ3v) is 4.05. The van der Waals surface area contributed by atoms with Crippen molar-refractivity contribution in [3.8, 4) is 17.3 Å². The Balaban J connectivity index is 1.54. The van der Waals surface area contributed by atoms with Gasteiger partial charge in [-0.1, -0.05) is 17.3 Å². The zero-order valence-electron chi connectivity index (χ0n) is 13.5. The number of fused-ring (bicyclic) bond motifs is 2. The number of nitrogen functional groups attached to an aromatic ring is 1. The van der Waals surface area contributed by atoms with Crippen LogP contribution in [0.15, 0.2) is 48.8 Å². The van der Waals surface area contributed by atoms with E-state index in [4.69, 9.17) is 15.2 Å². The number of aromatic nitrogens is 5. The van der Waals surface area contributed by atoms with Crippen LogP contribution in [0, 0.1) is 0 Å². The first-order valence-corrected chi connectivity index (χ1v) is 7.87. The van der Waals surface area contributed by atoms with Crippen LogP contribution in [0.3, 0.4) is 0 Å². The highest BCUT2D eigenvalue weighted by molar-refractivity contribution is 5.80. The summed E-state index contributed by atoms with van der Waals surface area (Å²) in [5.41, 5.74) is 9.00. The first-order valence-electron chi connectivity index (χ1n) is 7.87. The molecule has 5 rings (SSSR count). The van der Waals surface area contributed by atoms with Crippen molar-refractivity contribution in [1.82, 2.24) is 25.0 Å². The fourth-order valence-corrected chi connectivity index (χ4v) is 2.79. The van der Waals surface area contributed by atoms with E-state index in [1.807, 2.05) is 42.5 Å². The summed E-state index contributed by atoms with van der Waals surface area (Å²) in [5.74, 6) is 2.30. The van der Waals surface area contributed by atoms with Crippen LogP contribution in [-0.2, 0) is 0 Å². The molecule has 0 bridgehead atoms. The third kappa shape index (κ3) is 2.25. The number of benzene rings is 2. The molecule has 0 aliphatic carbocycles. The largest absolute Gasteiger partial charge is 0.454 e. The van der Waals surface area contributed by atoms with Crippen LogP contribution >= 0.6 is 0 Å². The van der Waals surface area contributed by atoms with Gasteiger partial charge in [0.15, 0.2) is 23.1 Å². The number of rotatable bonds is 3. The molecule has 0 saturated heterocycles. The van der Waals surface area contributed by atoms with Gasteiger partial charge in [0.25, 0.3) is 0 Å². The number of nitrogens with zero attached hydrogens (tertiary/aromatic N) is 5. The molecule has 0 spiro atoms. The Hall–Kier alpha value is -3.88. The molecule has 9 nitrogen and oxygen atoms in total. The second-order valence-corrected chi connectivity index (χ2v) is 5.64. The summed E-state index contributed by atoms with van der Waals surface area (Å²) in [6.45, 7) is 0.220. The molecular weight excluding hydrogens is 334 g/mol. The highest BCUT2D eigenvalue weighted by Crippen LogP contribution is 2.35. The second kappa shape index (κ2) is 5.59. The molecule has 0 fully saturated rings. The van der Waals surface area contributed by atoms with E-state index in [9.17, 15) is 0 Å². The molecule has 26 heavy (non-hydrogen) atoms. The van der Waals surface area contributed by atoms with E-state index in [1.165, 1.54) is 6.33 Å². The summed E-state index contributed by atoms with van der Waals surface area (Å²) < 4.78 is 12.3. The Kier molecular flexibility index (Phi) is 3.11. The maximum Gasteiger partial charge on any atom is 0.231 e. The topological polar surface area (TPSA) is 113 Å². The van der Waals surface area contributed by atoms with E-state index >= 15 is 0 Å². The van der Waals surface area contributed by atoms with Crippen molar-refractivity contribution in [1.29, 1.82) is 0 Å². The van der Waals surface area contributed by atoms with Gasteiger partial charge in [0.05, 0.1) is 5.52 Å². The fraction of sp³-hybridized carbons (Fsp3) is 0.0588. The molecule has 4 aromatic rings. The van der Waals surface area contributed by atoms with Crippen molar-refractivity contribution in [2.75, 3.05) is 17.8 Å². The summed E-state index contributed by atoms with van der Waals surface area (Å²) in [4.78, 5) is 8.51. The number of nitrogens with two attached hydrogens (primary N) is 1. The molecule has 0 unspecified atom stereocenters. The lowest BCUT2D eigenvalue weighted by atomic mass is 10.2. The number of ether oxygens (including phenoxy) is 2. The van der Waals surface area contributed by atoms with Crippen LogP contribution in [0.2, 0.25) is 0 Å². The summed E-state index contributed by atoms with van der Waals surface area (Å²) in [7, 11) is 0. The van der Waals surface area contributed by atoms with Gasteiger partial charge in [-0.25, -0.2) is 9.97 Å². The molecular formula is C17H13N7O2. The minimum absolute atomic E-state index is 0.220. The minimum atomic E-state index is 0.220. The van der Waals surface area contributed by atoms with E-state index in [1.54, 1.807) is 4.68 Å². The molecule has 0 radical (unpaired) electrons. The van der Waals surface area contributed by atoms with Crippen molar-refractivity contribution in [3.63, 3.8) is 0 Å². The predicted octanol–water partition coefficient (Wildman–Crippen LogP) is 2.26. The van der Waals surface area contributed by atoms with Crippen molar-refractivity contribution in [2.24, 2.45) is 0 Å². The van der Waals surface area contributed by atoms with Crippen LogP contribution in [-0.4, -0.2) is 31.8 Å². The van der Waals surface area contributed by atoms with Crippen molar-refractivity contribution in [2.45, 2.75) is 0 Å². The standard InChI is InChI=1S/C17H13N7O2/c18-15-16(21-10-5-6-13-14(7-10)26-9-25-13)19-8-20-17(15)24-12-4-2-1-3-11(12)22-23-24/h1-8H,9,18H2,(H,19,20,21). The van der Waals surface area contributed by atoms with Gasteiger partial charge in [-0.05, 0) is 24.3 Å². The maximum absolute atomic E-state index is 6.29. The Morgan fingerprint density at radius 1 is 1.04 bits per heavy atom. The van der Waals surface area contributed by atoms with E-state index in [0.29, 0.717) is 28.8 Å². The molecule has 2 aromatic carbocycles. The molecule has 128 valence electrons. The van der Waals surface area contributed by atoms with Crippen LogP contribution in [0.25, 0.3) is 16.9 Å². The number of hydrogen-bond donors (Lipinski definition) is 2. The number of para-hydroxylation sites is 1. The second-order valence-electron chi connectivity index (χ2n) is 5.64. The smallest absolute Gasteiger partial charge is 0.231 e. The molecule has 0 saturated carbocycles. The summed E-state index contributed by atoms with van der Waals surface area (Å²) in [6.07, 6.45) is 1.43. The van der Waals surface area contributed by atoms with Gasteiger partial charge < -0.3 is 20.5 Å². The first-order chi connectivity index (χ1) is 12.8. The van der Waals surface area contributed by atoms with Crippen LogP contribution in [0.1, 0.15) is 0 Å². The quantitative estimate of drug-likeness (QED) is 0.580. The Bertz CT molecular complexity index is 1130. The van der Waals surface area contributed by atoms with Crippen LogP contribution in [0.4, 0.5) is 17.2 Å². The first kappa shape index (κ1) is 14.5. The highest BCUT2D eigenvalue weighted by Gasteiger charge is 2.16. The molecule has 3 heterocycles. The molecule has 1 aliphatic heterocycles. The summed E-state index contributed by atoms with van der Waals surface area (Å²) >= 11 is 0. The number of anilines is 3. The van der Waals surface area contributed by atoms with E-state index < -0.39 is 0 Å². The predicted molar refractivity (Wildman–Crippen MR) is 94.7 cm³/mol. The molecule has 3 N–H and O–H groups in total. The fourth-order valence-electron chi connectivity index (χ4n) is 2.79. The van der Waals surface area contributed by atoms with E-state index in [-0.39, 0.29) is 6.79 Å². The Morgan fingerprint density at radius 3 is 2.88 bits per heavy atom. The molecule has 9 heteroatoms. The normalized spacial score (nSPS) is 12.5. The average molecular weight is 347 g/mol. The third-order valence-electron chi connectivity index (χ3n) is 4.05. The van der Waals surface area contributed by atoms with Gasteiger partial charge in [0.2, 0.25) is 6.79 Å². The van der Waals surface area contributed by atoms with Gasteiger partial charge in [-0.15, -0.1) is 5.10 Å². The Labute approximate surface area is 147 Å². The molecule has 2 aromatic heterocycles. The molecule has 0 amide bonds. The zero-order chi connectivity index (χ0) is 17.5. The maximum atomic E-state index is 6.29. The van der Waals surface area contributed by atoms with E-state index in [0.717, 1.165) is 16.7 Å². The monoisotopic (exact) mass is 347 g/mol. The summed E-state index contributed by atoms with van der Waals surface area (Å²) in [6, 6.07) is 13.1. The lowest BCUT2D eigenvalue weighted by Crippen LogP contribution is -2.08. The Morgan fingerprint density at radius 2 is 1.92 bits per heavy atom. The summed E-state index contributed by atoms with van der Waals surface area (Å²) in [5, 5.41) is 11.5. The minimum Gasteiger partial charge on any atom is -0.454 e. The average Bonchev–Trinajstić information content (AvgIpc) is 3.30. The lowest BCUT2D eigenvalue weighted by molar-refractivity contribution is 0.174. The van der Waals surface area contributed by atoms with Gasteiger partial charge in [-0.2, -0.15) is 4.68 Å². The van der Waals surface area contributed by atoms with Crippen molar-refractivity contribution < 1.29 is 9.47 Å². The van der Waals surface area contributed by atoms with Crippen LogP contribution < -0.4 is 20.5 Å². The van der Waals surface area contributed by atoms with Crippen molar-refractivity contribution >= 4 is 28.2 Å². The molecule has 1 aliphatic rings. The van der Waals surface area contributed by atoms with Gasteiger partial charge in [-0.3, -0.25) is 0 Å². The number of hydrogen-bond acceptors (Lipinski definition) is 8. The van der Waals surface area contributed by atoms with Gasteiger partial charge in [0.1, 0.15) is 17.5 Å².